The zero-order chi connectivity index (χ0) is 29.3. The molecule has 1 aromatic heterocycles. The highest BCUT2D eigenvalue weighted by atomic mass is 32.3. The number of benzene rings is 1. The molecule has 12 heteroatoms. The monoisotopic (exact) mass is 586 g/mol. The average Bonchev–Trinajstić information content (AvgIpc) is 2.88. The molecule has 3 N–H and O–H groups in total. The van der Waals surface area contributed by atoms with Crippen molar-refractivity contribution in [1.82, 2.24) is 9.88 Å². The Balaban J connectivity index is 1.36. The Hall–Kier alpha value is -2.54. The van der Waals surface area contributed by atoms with Gasteiger partial charge in [-0.3, -0.25) is 14.1 Å². The lowest BCUT2D eigenvalue weighted by molar-refractivity contribution is -0.200. The number of halogens is 3. The number of likely N-dealkylation sites (tertiary alicyclic amines) is 1. The normalized spacial score (nSPS) is 18.6. The minimum absolute atomic E-state index is 0.0698. The second-order valence-corrected chi connectivity index (χ2v) is 13.8. The summed E-state index contributed by atoms with van der Waals surface area (Å²) in [6, 6.07) is 9.47. The SMILES string of the molecule is CC(OC(=O)N1CCC2(CCc3cc(-c4ccc(CS(O)(O)CC(C)(C)CO)cn4)ccc3O2)CC1)C(F)(F)F. The number of ether oxygens (including phenoxy) is 2. The molecule has 1 unspecified atom stereocenters. The van der Waals surface area contributed by atoms with Crippen molar-refractivity contribution < 1.29 is 41.7 Å². The molecule has 1 atom stereocenters. The van der Waals surface area contributed by atoms with E-state index in [-0.39, 0.29) is 31.2 Å². The number of aryl methyl sites for hydroxylation is 1. The number of piperidine rings is 1. The molecule has 0 saturated carbocycles. The molecule has 8 nitrogen and oxygen atoms in total. The Morgan fingerprint density at radius 3 is 2.48 bits per heavy atom. The first-order valence-corrected chi connectivity index (χ1v) is 15.1. The molecule has 4 rings (SSSR count). The van der Waals surface area contributed by atoms with Gasteiger partial charge in [0.15, 0.2) is 6.10 Å². The molecule has 2 aliphatic heterocycles. The molecule has 1 fully saturated rings. The van der Waals surface area contributed by atoms with Crippen molar-refractivity contribution in [1.29, 1.82) is 0 Å². The van der Waals surface area contributed by atoms with E-state index in [0.717, 1.165) is 42.3 Å². The third kappa shape index (κ3) is 7.39. The lowest BCUT2D eigenvalue weighted by Crippen LogP contribution is -2.52. The number of carbonyl (C=O) groups is 1. The van der Waals surface area contributed by atoms with Crippen molar-refractivity contribution in [3.8, 4) is 17.0 Å². The van der Waals surface area contributed by atoms with Crippen LogP contribution in [0.5, 0.6) is 5.75 Å². The molecule has 3 heterocycles. The Kier molecular flexibility index (Phi) is 8.66. The van der Waals surface area contributed by atoms with E-state index < -0.39 is 40.0 Å². The van der Waals surface area contributed by atoms with Crippen LogP contribution >= 0.6 is 10.6 Å². The summed E-state index contributed by atoms with van der Waals surface area (Å²) in [5.74, 6) is 0.915. The molecule has 2 aromatic rings. The summed E-state index contributed by atoms with van der Waals surface area (Å²) in [6.07, 6.45) is -3.60. The van der Waals surface area contributed by atoms with Crippen molar-refractivity contribution in [2.45, 2.75) is 70.1 Å². The van der Waals surface area contributed by atoms with Crippen LogP contribution in [0.4, 0.5) is 18.0 Å². The average molecular weight is 587 g/mol. The van der Waals surface area contributed by atoms with Crippen LogP contribution in [-0.4, -0.2) is 73.5 Å². The first kappa shape index (κ1) is 30.4. The molecule has 222 valence electrons. The van der Waals surface area contributed by atoms with Gasteiger partial charge >= 0.3 is 12.3 Å². The maximum atomic E-state index is 12.7. The molecule has 2 aliphatic rings. The molecule has 0 bridgehead atoms. The maximum absolute atomic E-state index is 12.7. The number of carbonyl (C=O) groups excluding carboxylic acids is 1. The molecule has 0 radical (unpaired) electrons. The largest absolute Gasteiger partial charge is 0.487 e. The van der Waals surface area contributed by atoms with Crippen molar-refractivity contribution in [3.05, 3.63) is 47.7 Å². The number of alkyl halides is 3. The number of hydrogen-bond donors (Lipinski definition) is 3. The lowest BCUT2D eigenvalue weighted by Gasteiger charge is -2.44. The van der Waals surface area contributed by atoms with Crippen LogP contribution in [0.2, 0.25) is 0 Å². The molecular weight excluding hydrogens is 549 g/mol. The Morgan fingerprint density at radius 2 is 1.88 bits per heavy atom. The van der Waals surface area contributed by atoms with E-state index in [1.807, 2.05) is 30.3 Å². The Labute approximate surface area is 233 Å². The van der Waals surface area contributed by atoms with Crippen LogP contribution in [0.3, 0.4) is 0 Å². The summed E-state index contributed by atoms with van der Waals surface area (Å²) in [4.78, 5) is 18.0. The van der Waals surface area contributed by atoms with E-state index in [9.17, 15) is 32.2 Å². The summed E-state index contributed by atoms with van der Waals surface area (Å²) in [5.41, 5.74) is 2.29. The van der Waals surface area contributed by atoms with Gasteiger partial charge in [0, 0.05) is 55.5 Å². The van der Waals surface area contributed by atoms with Crippen molar-refractivity contribution in [2.75, 3.05) is 25.4 Å². The molecule has 40 heavy (non-hydrogen) atoms. The predicted octanol–water partition coefficient (Wildman–Crippen LogP) is 6.26. The van der Waals surface area contributed by atoms with Gasteiger partial charge in [0.05, 0.1) is 11.4 Å². The van der Waals surface area contributed by atoms with Crippen LogP contribution in [0.15, 0.2) is 36.5 Å². The number of nitrogens with zero attached hydrogens (tertiary/aromatic N) is 2. The second kappa shape index (κ2) is 11.4. The topological polar surface area (TPSA) is 112 Å². The number of aliphatic hydroxyl groups is 1. The van der Waals surface area contributed by atoms with Gasteiger partial charge in [0.25, 0.3) is 0 Å². The third-order valence-corrected chi connectivity index (χ3v) is 9.52. The highest BCUT2D eigenvalue weighted by molar-refractivity contribution is 8.23. The minimum atomic E-state index is -4.59. The fourth-order valence-electron chi connectivity index (χ4n) is 5.09. The van der Waals surface area contributed by atoms with Gasteiger partial charge in [-0.05, 0) is 55.2 Å². The molecule has 0 aliphatic carbocycles. The van der Waals surface area contributed by atoms with Crippen LogP contribution in [0.1, 0.15) is 51.2 Å². The predicted molar refractivity (Wildman–Crippen MR) is 146 cm³/mol. The van der Waals surface area contributed by atoms with E-state index in [2.05, 4.69) is 9.72 Å². The van der Waals surface area contributed by atoms with Gasteiger partial charge in [-0.1, -0.05) is 19.9 Å². The van der Waals surface area contributed by atoms with E-state index in [0.29, 0.717) is 18.4 Å². The molecule has 1 saturated heterocycles. The summed E-state index contributed by atoms with van der Waals surface area (Å²) >= 11 is 0. The number of fused-ring (bicyclic) bond motifs is 1. The summed E-state index contributed by atoms with van der Waals surface area (Å²) in [7, 11) is -2.92. The maximum Gasteiger partial charge on any atom is 0.425 e. The fourth-order valence-corrected chi connectivity index (χ4v) is 7.24. The zero-order valence-electron chi connectivity index (χ0n) is 22.9. The van der Waals surface area contributed by atoms with Gasteiger partial charge < -0.3 is 19.5 Å². The zero-order valence-corrected chi connectivity index (χ0v) is 23.7. The van der Waals surface area contributed by atoms with Crippen LogP contribution in [0.25, 0.3) is 11.3 Å². The summed E-state index contributed by atoms with van der Waals surface area (Å²) in [6.45, 7) is 4.77. The van der Waals surface area contributed by atoms with E-state index >= 15 is 0 Å². The number of aliphatic hydroxyl groups excluding tert-OH is 1. The van der Waals surface area contributed by atoms with Crippen molar-refractivity contribution >= 4 is 16.7 Å². The van der Waals surface area contributed by atoms with E-state index in [1.165, 1.54) is 4.90 Å². The second-order valence-electron chi connectivity index (χ2n) is 11.6. The third-order valence-electron chi connectivity index (χ3n) is 7.48. The molecule has 1 spiro atoms. The van der Waals surface area contributed by atoms with Gasteiger partial charge in [-0.25, -0.2) is 4.79 Å². The standard InChI is InChI=1S/C28H37F3N2O6S/c1-19(28(29,30)31)38-25(35)33-12-10-27(11-13-33)9-8-22-14-21(5-7-24(22)39-27)23-6-4-20(15-32-23)16-40(36,37)18-26(2,3)17-34/h4-7,14-15,19,34,36-37H,8-13,16-18H2,1-3H3. The molecule has 1 aromatic carbocycles. The smallest absolute Gasteiger partial charge is 0.425 e. The summed E-state index contributed by atoms with van der Waals surface area (Å²) < 4.78 is 70.1. The van der Waals surface area contributed by atoms with Crippen LogP contribution in [-0.2, 0) is 16.9 Å². The Morgan fingerprint density at radius 1 is 1.18 bits per heavy atom. The number of amides is 1. The van der Waals surface area contributed by atoms with Crippen molar-refractivity contribution in [2.24, 2.45) is 5.41 Å². The Bertz CT molecular complexity index is 1200. The molecular formula is C28H37F3N2O6S. The summed E-state index contributed by atoms with van der Waals surface area (Å²) in [5, 5.41) is 9.44. The number of pyridine rings is 1. The first-order chi connectivity index (χ1) is 18.6. The van der Waals surface area contributed by atoms with Crippen molar-refractivity contribution in [3.63, 3.8) is 0 Å². The fraction of sp³-hybridized carbons (Fsp3) is 0.571. The van der Waals surface area contributed by atoms with Gasteiger partial charge in [0.1, 0.15) is 11.4 Å². The van der Waals surface area contributed by atoms with E-state index in [4.69, 9.17) is 4.74 Å². The number of aromatic nitrogens is 1. The molecule has 1 amide bonds. The number of rotatable bonds is 7. The lowest BCUT2D eigenvalue weighted by atomic mass is 9.83. The number of hydrogen-bond acceptors (Lipinski definition) is 7. The van der Waals surface area contributed by atoms with E-state index in [1.54, 1.807) is 20.0 Å². The minimum Gasteiger partial charge on any atom is -0.487 e. The first-order valence-electron chi connectivity index (χ1n) is 13.2. The van der Waals surface area contributed by atoms with Gasteiger partial charge in [0.2, 0.25) is 0 Å². The highest BCUT2D eigenvalue weighted by Gasteiger charge is 2.43. The highest BCUT2D eigenvalue weighted by Crippen LogP contribution is 2.47. The quantitative estimate of drug-likeness (QED) is 0.351. The van der Waals surface area contributed by atoms with Crippen LogP contribution in [0, 0.1) is 5.41 Å². The van der Waals surface area contributed by atoms with Gasteiger partial charge in [-0.15, -0.1) is 0 Å². The van der Waals surface area contributed by atoms with Crippen LogP contribution < -0.4 is 4.74 Å². The van der Waals surface area contributed by atoms with Gasteiger partial charge in [-0.2, -0.15) is 23.8 Å².